The lowest BCUT2D eigenvalue weighted by Crippen LogP contribution is -2.41. The number of amides is 1. The molecular formula is C19H26N4OS. The van der Waals surface area contributed by atoms with Crippen molar-refractivity contribution in [2.24, 2.45) is 0 Å². The fourth-order valence-electron chi connectivity index (χ4n) is 3.30. The predicted octanol–water partition coefficient (Wildman–Crippen LogP) is 3.27. The number of hydrogen-bond acceptors (Lipinski definition) is 4. The van der Waals surface area contributed by atoms with Crippen molar-refractivity contribution >= 4 is 23.3 Å². The molecule has 1 aliphatic heterocycles. The summed E-state index contributed by atoms with van der Waals surface area (Å²) in [5, 5.41) is 2.02. The molecule has 0 spiro atoms. The van der Waals surface area contributed by atoms with Gasteiger partial charge in [0, 0.05) is 30.2 Å². The highest BCUT2D eigenvalue weighted by Crippen LogP contribution is 2.24. The largest absolute Gasteiger partial charge is 0.331 e. The van der Waals surface area contributed by atoms with Gasteiger partial charge in [0.2, 0.25) is 5.91 Å². The molecule has 1 amide bonds. The lowest BCUT2D eigenvalue weighted by Gasteiger charge is -2.35. The molecule has 2 aromatic rings. The minimum absolute atomic E-state index is 0.0775. The molecule has 0 radical (unpaired) electrons. The van der Waals surface area contributed by atoms with Crippen LogP contribution in [0.1, 0.15) is 36.9 Å². The third-order valence-corrected chi connectivity index (χ3v) is 5.68. The summed E-state index contributed by atoms with van der Waals surface area (Å²) in [7, 11) is 0. The van der Waals surface area contributed by atoms with E-state index in [1.54, 1.807) is 17.4 Å². The first-order valence-corrected chi connectivity index (χ1v) is 9.82. The van der Waals surface area contributed by atoms with E-state index < -0.39 is 0 Å². The summed E-state index contributed by atoms with van der Waals surface area (Å²) in [6.07, 6.45) is 8.42. The molecule has 1 atom stereocenters. The monoisotopic (exact) mass is 358 g/mol. The highest BCUT2D eigenvalue weighted by molar-refractivity contribution is 7.10. The average Bonchev–Trinajstić information content (AvgIpc) is 3.31. The summed E-state index contributed by atoms with van der Waals surface area (Å²) >= 11 is 1.64. The molecule has 6 heteroatoms. The molecule has 1 unspecified atom stereocenters. The summed E-state index contributed by atoms with van der Waals surface area (Å²) in [6.45, 7) is 8.94. The van der Waals surface area contributed by atoms with Crippen LogP contribution in [0.25, 0.3) is 6.08 Å². The number of fused-ring (bicyclic) bond motifs is 1. The Hall–Kier alpha value is -1.92. The Labute approximate surface area is 153 Å². The van der Waals surface area contributed by atoms with Gasteiger partial charge in [-0.3, -0.25) is 4.79 Å². The zero-order valence-electron chi connectivity index (χ0n) is 15.0. The van der Waals surface area contributed by atoms with Gasteiger partial charge in [-0.05, 0) is 37.0 Å². The Bertz CT molecular complexity index is 703. The first-order valence-electron chi connectivity index (χ1n) is 8.94. The second kappa shape index (κ2) is 8.45. The highest BCUT2D eigenvalue weighted by Gasteiger charge is 2.27. The Morgan fingerprint density at radius 3 is 3.00 bits per heavy atom. The van der Waals surface area contributed by atoms with Crippen molar-refractivity contribution in [2.45, 2.75) is 32.9 Å². The first kappa shape index (κ1) is 17.9. The fraction of sp³-hybridized carbons (Fsp3) is 0.474. The smallest absolute Gasteiger partial charge is 0.247 e. The second-order valence-corrected chi connectivity index (χ2v) is 7.31. The molecule has 5 nitrogen and oxygen atoms in total. The fourth-order valence-corrected chi connectivity index (χ4v) is 3.92. The maximum Gasteiger partial charge on any atom is 0.247 e. The summed E-state index contributed by atoms with van der Waals surface area (Å²) in [5.41, 5.74) is 1.12. The van der Waals surface area contributed by atoms with Crippen LogP contribution < -0.4 is 0 Å². The third-order valence-electron chi connectivity index (χ3n) is 4.84. The van der Waals surface area contributed by atoms with Crippen LogP contribution in [-0.4, -0.2) is 51.4 Å². The maximum absolute atomic E-state index is 12.6. The number of imidazole rings is 1. The van der Waals surface area contributed by atoms with Crippen LogP contribution in [0, 0.1) is 0 Å². The molecule has 0 fully saturated rings. The summed E-state index contributed by atoms with van der Waals surface area (Å²) in [6, 6.07) is 4.32. The number of nitrogens with zero attached hydrogens (tertiary/aromatic N) is 4. The number of hydrogen-bond donors (Lipinski definition) is 0. The van der Waals surface area contributed by atoms with E-state index >= 15 is 0 Å². The van der Waals surface area contributed by atoms with E-state index in [9.17, 15) is 4.79 Å². The zero-order valence-corrected chi connectivity index (χ0v) is 15.8. The lowest BCUT2D eigenvalue weighted by atomic mass is 10.1. The molecule has 134 valence electrons. The molecule has 0 aromatic carbocycles. The molecule has 0 N–H and O–H groups in total. The molecule has 25 heavy (non-hydrogen) atoms. The van der Waals surface area contributed by atoms with E-state index in [2.05, 4.69) is 28.3 Å². The third kappa shape index (κ3) is 4.38. The van der Waals surface area contributed by atoms with Crippen molar-refractivity contribution < 1.29 is 4.79 Å². The maximum atomic E-state index is 12.6. The number of carbonyl (C=O) groups excluding carboxylic acids is 1. The van der Waals surface area contributed by atoms with Crippen LogP contribution in [0.2, 0.25) is 0 Å². The zero-order chi connectivity index (χ0) is 17.6. The van der Waals surface area contributed by atoms with Gasteiger partial charge >= 0.3 is 0 Å². The molecule has 3 heterocycles. The SMILES string of the molecule is CCN(CC)CCC1CN(C(=O)/C=C/c2cccs2)Cc2cncn21. The number of aromatic nitrogens is 2. The molecule has 0 saturated carbocycles. The summed E-state index contributed by atoms with van der Waals surface area (Å²) < 4.78 is 2.25. The first-order chi connectivity index (χ1) is 12.2. The standard InChI is InChI=1S/C19H26N4OS/c1-3-21(4-2)10-9-16-13-22(14-17-12-20-15-23(16)17)19(24)8-7-18-6-5-11-25-18/h5-8,11-12,15-16H,3-4,9-10,13-14H2,1-2H3/b8-7+. The van der Waals surface area contributed by atoms with Crippen molar-refractivity contribution in [1.82, 2.24) is 19.4 Å². The van der Waals surface area contributed by atoms with Gasteiger partial charge in [0.25, 0.3) is 0 Å². The minimum atomic E-state index is 0.0775. The topological polar surface area (TPSA) is 41.4 Å². The van der Waals surface area contributed by atoms with Gasteiger partial charge in [0.15, 0.2) is 0 Å². The molecule has 0 aliphatic carbocycles. The van der Waals surface area contributed by atoms with Gasteiger partial charge in [-0.15, -0.1) is 11.3 Å². The van der Waals surface area contributed by atoms with E-state index in [4.69, 9.17) is 0 Å². The van der Waals surface area contributed by atoms with Gasteiger partial charge in [0.1, 0.15) is 0 Å². The Morgan fingerprint density at radius 2 is 2.28 bits per heavy atom. The van der Waals surface area contributed by atoms with E-state index in [1.807, 2.05) is 41.0 Å². The molecular weight excluding hydrogens is 332 g/mol. The second-order valence-electron chi connectivity index (χ2n) is 6.33. The van der Waals surface area contributed by atoms with Gasteiger partial charge in [-0.1, -0.05) is 19.9 Å². The minimum Gasteiger partial charge on any atom is -0.331 e. The highest BCUT2D eigenvalue weighted by atomic mass is 32.1. The number of thiophene rings is 1. The van der Waals surface area contributed by atoms with Gasteiger partial charge in [0.05, 0.1) is 24.6 Å². The van der Waals surface area contributed by atoms with Gasteiger partial charge in [-0.2, -0.15) is 0 Å². The van der Waals surface area contributed by atoms with Crippen molar-refractivity contribution in [2.75, 3.05) is 26.2 Å². The van der Waals surface area contributed by atoms with E-state index in [1.165, 1.54) is 0 Å². The van der Waals surface area contributed by atoms with Crippen LogP contribution in [0.3, 0.4) is 0 Å². The van der Waals surface area contributed by atoms with Crippen LogP contribution in [0.4, 0.5) is 0 Å². The summed E-state index contributed by atoms with van der Waals surface area (Å²) in [5.74, 6) is 0.0775. The van der Waals surface area contributed by atoms with E-state index in [-0.39, 0.29) is 5.91 Å². The molecule has 3 rings (SSSR count). The molecule has 0 saturated heterocycles. The van der Waals surface area contributed by atoms with Gasteiger partial charge < -0.3 is 14.4 Å². The average molecular weight is 359 g/mol. The van der Waals surface area contributed by atoms with E-state index in [0.29, 0.717) is 12.6 Å². The normalized spacial score (nSPS) is 17.4. The Kier molecular flexibility index (Phi) is 6.04. The summed E-state index contributed by atoms with van der Waals surface area (Å²) in [4.78, 5) is 22.4. The quantitative estimate of drug-likeness (QED) is 0.713. The van der Waals surface area contributed by atoms with Crippen molar-refractivity contribution in [3.63, 3.8) is 0 Å². The van der Waals surface area contributed by atoms with Crippen LogP contribution in [0.5, 0.6) is 0 Å². The Balaban J connectivity index is 1.67. The number of rotatable bonds is 7. The lowest BCUT2D eigenvalue weighted by molar-refractivity contribution is -0.128. The number of carbonyl (C=O) groups is 1. The van der Waals surface area contributed by atoms with Crippen LogP contribution in [-0.2, 0) is 11.3 Å². The van der Waals surface area contributed by atoms with Crippen molar-refractivity contribution in [3.05, 3.63) is 46.7 Å². The molecule has 2 aromatic heterocycles. The Morgan fingerprint density at radius 1 is 1.44 bits per heavy atom. The van der Waals surface area contributed by atoms with E-state index in [0.717, 1.165) is 43.2 Å². The molecule has 1 aliphatic rings. The van der Waals surface area contributed by atoms with Crippen molar-refractivity contribution in [3.8, 4) is 0 Å². The predicted molar refractivity (Wildman–Crippen MR) is 102 cm³/mol. The van der Waals surface area contributed by atoms with Crippen molar-refractivity contribution in [1.29, 1.82) is 0 Å². The van der Waals surface area contributed by atoms with Crippen LogP contribution in [0.15, 0.2) is 36.1 Å². The van der Waals surface area contributed by atoms with Gasteiger partial charge in [-0.25, -0.2) is 4.98 Å². The van der Waals surface area contributed by atoms with Crippen LogP contribution >= 0.6 is 11.3 Å². The molecule has 0 bridgehead atoms.